The minimum absolute atomic E-state index is 0.181. The SMILES string of the molecule is CC(C)CC(NC(=O)c1ccc(Cl)cc1)C(=O)NCc1ccccc1. The van der Waals surface area contributed by atoms with Crippen molar-refractivity contribution in [3.8, 4) is 0 Å². The van der Waals surface area contributed by atoms with Crippen molar-refractivity contribution < 1.29 is 9.59 Å². The number of carbonyl (C=O) groups is 2. The summed E-state index contributed by atoms with van der Waals surface area (Å²) in [5.74, 6) is -0.185. The first-order chi connectivity index (χ1) is 12.0. The standard InChI is InChI=1S/C20H23ClN2O2/c1-14(2)12-18(20(25)22-13-15-6-4-3-5-7-15)23-19(24)16-8-10-17(21)11-9-16/h3-11,14,18H,12-13H2,1-2H3,(H,22,25)(H,23,24). The average Bonchev–Trinajstić information content (AvgIpc) is 2.60. The fraction of sp³-hybridized carbons (Fsp3) is 0.300. The molecule has 0 bridgehead atoms. The van der Waals surface area contributed by atoms with Crippen LogP contribution < -0.4 is 10.6 Å². The first kappa shape index (κ1) is 19.0. The fourth-order valence-corrected chi connectivity index (χ4v) is 2.58. The van der Waals surface area contributed by atoms with Gasteiger partial charge in [-0.2, -0.15) is 0 Å². The van der Waals surface area contributed by atoms with Gasteiger partial charge in [0.15, 0.2) is 0 Å². The van der Waals surface area contributed by atoms with Gasteiger partial charge in [0.25, 0.3) is 5.91 Å². The zero-order valence-corrected chi connectivity index (χ0v) is 15.2. The molecule has 2 aromatic rings. The molecule has 0 radical (unpaired) electrons. The normalized spacial score (nSPS) is 11.8. The number of amides is 2. The molecule has 132 valence electrons. The molecule has 0 aliphatic rings. The van der Waals surface area contributed by atoms with Crippen LogP contribution in [-0.4, -0.2) is 17.9 Å². The van der Waals surface area contributed by atoms with E-state index in [9.17, 15) is 9.59 Å². The monoisotopic (exact) mass is 358 g/mol. The van der Waals surface area contributed by atoms with Gasteiger partial charge in [-0.15, -0.1) is 0 Å². The van der Waals surface area contributed by atoms with Gasteiger partial charge in [0, 0.05) is 17.1 Å². The first-order valence-electron chi connectivity index (χ1n) is 8.33. The Morgan fingerprint density at radius 1 is 1.00 bits per heavy atom. The molecular formula is C20H23ClN2O2. The third-order valence-corrected chi connectivity index (χ3v) is 4.00. The number of hydrogen-bond donors (Lipinski definition) is 2. The summed E-state index contributed by atoms with van der Waals surface area (Å²) in [6.07, 6.45) is 0.569. The lowest BCUT2D eigenvalue weighted by Gasteiger charge is -2.20. The Hall–Kier alpha value is -2.33. The molecule has 2 N–H and O–H groups in total. The van der Waals surface area contributed by atoms with Gasteiger partial charge >= 0.3 is 0 Å². The summed E-state index contributed by atoms with van der Waals surface area (Å²) in [4.78, 5) is 24.9. The van der Waals surface area contributed by atoms with Gasteiger partial charge in [0.1, 0.15) is 6.04 Å². The topological polar surface area (TPSA) is 58.2 Å². The highest BCUT2D eigenvalue weighted by Crippen LogP contribution is 2.11. The molecule has 0 saturated carbocycles. The number of halogens is 1. The van der Waals surface area contributed by atoms with Gasteiger partial charge < -0.3 is 10.6 Å². The van der Waals surface area contributed by atoms with Crippen LogP contribution in [0.15, 0.2) is 54.6 Å². The van der Waals surface area contributed by atoms with Crippen molar-refractivity contribution in [2.24, 2.45) is 5.92 Å². The Bertz CT molecular complexity index is 699. The van der Waals surface area contributed by atoms with E-state index in [1.54, 1.807) is 24.3 Å². The van der Waals surface area contributed by atoms with Crippen LogP contribution in [0.1, 0.15) is 36.2 Å². The minimum Gasteiger partial charge on any atom is -0.350 e. The first-order valence-corrected chi connectivity index (χ1v) is 8.71. The van der Waals surface area contributed by atoms with Gasteiger partial charge in [-0.1, -0.05) is 55.8 Å². The van der Waals surface area contributed by atoms with Gasteiger partial charge in [0.2, 0.25) is 5.91 Å². The van der Waals surface area contributed by atoms with E-state index in [0.717, 1.165) is 5.56 Å². The summed E-state index contributed by atoms with van der Waals surface area (Å²) in [5, 5.41) is 6.29. The summed E-state index contributed by atoms with van der Waals surface area (Å²) >= 11 is 5.85. The van der Waals surface area contributed by atoms with Gasteiger partial charge in [0.05, 0.1) is 0 Å². The Balaban J connectivity index is 2.00. The predicted octanol–water partition coefficient (Wildman–Crippen LogP) is 3.80. The van der Waals surface area contributed by atoms with E-state index in [1.807, 2.05) is 44.2 Å². The molecule has 0 fully saturated rings. The van der Waals surface area contributed by atoms with Gasteiger partial charge in [-0.25, -0.2) is 0 Å². The Kier molecular flexibility index (Phi) is 7.02. The van der Waals surface area contributed by atoms with Crippen LogP contribution in [0.5, 0.6) is 0 Å². The van der Waals surface area contributed by atoms with Crippen LogP contribution in [0.25, 0.3) is 0 Å². The van der Waals surface area contributed by atoms with Crippen LogP contribution in [0, 0.1) is 5.92 Å². The molecule has 25 heavy (non-hydrogen) atoms. The number of benzene rings is 2. The van der Waals surface area contributed by atoms with E-state index in [4.69, 9.17) is 11.6 Å². The number of rotatable bonds is 7. The van der Waals surface area contributed by atoms with E-state index in [-0.39, 0.29) is 17.7 Å². The largest absolute Gasteiger partial charge is 0.350 e. The molecule has 0 aliphatic heterocycles. The molecule has 0 aliphatic carbocycles. The lowest BCUT2D eigenvalue weighted by atomic mass is 10.0. The highest BCUT2D eigenvalue weighted by atomic mass is 35.5. The Labute approximate surface area is 153 Å². The summed E-state index contributed by atoms with van der Waals surface area (Å²) in [6.45, 7) is 4.48. The Morgan fingerprint density at radius 2 is 1.64 bits per heavy atom. The third kappa shape index (κ3) is 6.24. The molecule has 0 heterocycles. The van der Waals surface area contributed by atoms with Crippen LogP contribution in [0.2, 0.25) is 5.02 Å². The summed E-state index contributed by atoms with van der Waals surface area (Å²) in [7, 11) is 0. The van der Waals surface area contributed by atoms with Crippen LogP contribution >= 0.6 is 11.6 Å². The number of carbonyl (C=O) groups excluding carboxylic acids is 2. The maximum absolute atomic E-state index is 12.5. The van der Waals surface area contributed by atoms with Gasteiger partial charge in [-0.05, 0) is 42.2 Å². The lowest BCUT2D eigenvalue weighted by molar-refractivity contribution is -0.123. The zero-order chi connectivity index (χ0) is 18.2. The number of hydrogen-bond acceptors (Lipinski definition) is 2. The van der Waals surface area contributed by atoms with Crippen molar-refractivity contribution >= 4 is 23.4 Å². The quantitative estimate of drug-likeness (QED) is 0.790. The second-order valence-corrected chi connectivity index (χ2v) is 6.80. The molecule has 1 atom stereocenters. The van der Waals surface area contributed by atoms with Crippen LogP contribution in [0.3, 0.4) is 0 Å². The van der Waals surface area contributed by atoms with E-state index in [2.05, 4.69) is 10.6 Å². The van der Waals surface area contributed by atoms with E-state index < -0.39 is 6.04 Å². The molecule has 2 amide bonds. The van der Waals surface area contributed by atoms with Crippen molar-refractivity contribution in [1.29, 1.82) is 0 Å². The zero-order valence-electron chi connectivity index (χ0n) is 14.5. The second kappa shape index (κ2) is 9.23. The summed E-state index contributed by atoms with van der Waals surface area (Å²) < 4.78 is 0. The molecule has 5 heteroatoms. The van der Waals surface area contributed by atoms with E-state index in [1.165, 1.54) is 0 Å². The molecule has 2 aromatic carbocycles. The van der Waals surface area contributed by atoms with Crippen molar-refractivity contribution in [1.82, 2.24) is 10.6 Å². The summed E-state index contributed by atoms with van der Waals surface area (Å²) in [5.41, 5.74) is 1.50. The lowest BCUT2D eigenvalue weighted by Crippen LogP contribution is -2.47. The van der Waals surface area contributed by atoms with Crippen LogP contribution in [-0.2, 0) is 11.3 Å². The molecule has 1 unspecified atom stereocenters. The predicted molar refractivity (Wildman–Crippen MR) is 100 cm³/mol. The maximum atomic E-state index is 12.5. The van der Waals surface area contributed by atoms with Crippen LogP contribution in [0.4, 0.5) is 0 Å². The molecular weight excluding hydrogens is 336 g/mol. The highest BCUT2D eigenvalue weighted by molar-refractivity contribution is 6.30. The molecule has 2 rings (SSSR count). The fourth-order valence-electron chi connectivity index (χ4n) is 2.45. The third-order valence-electron chi connectivity index (χ3n) is 3.74. The van der Waals surface area contributed by atoms with Crippen molar-refractivity contribution in [2.45, 2.75) is 32.9 Å². The van der Waals surface area contributed by atoms with E-state index in [0.29, 0.717) is 23.6 Å². The van der Waals surface area contributed by atoms with Gasteiger partial charge in [-0.3, -0.25) is 9.59 Å². The minimum atomic E-state index is -0.577. The average molecular weight is 359 g/mol. The maximum Gasteiger partial charge on any atom is 0.251 e. The van der Waals surface area contributed by atoms with E-state index >= 15 is 0 Å². The summed E-state index contributed by atoms with van der Waals surface area (Å²) in [6, 6.07) is 15.7. The molecule has 0 aromatic heterocycles. The molecule has 0 saturated heterocycles. The second-order valence-electron chi connectivity index (χ2n) is 6.37. The highest BCUT2D eigenvalue weighted by Gasteiger charge is 2.22. The number of nitrogens with one attached hydrogen (secondary N) is 2. The smallest absolute Gasteiger partial charge is 0.251 e. The van der Waals surface area contributed by atoms with Crippen molar-refractivity contribution in [3.05, 3.63) is 70.7 Å². The Morgan fingerprint density at radius 3 is 2.24 bits per heavy atom. The molecule has 0 spiro atoms. The van der Waals surface area contributed by atoms with Crippen molar-refractivity contribution in [3.63, 3.8) is 0 Å². The van der Waals surface area contributed by atoms with Crippen molar-refractivity contribution in [2.75, 3.05) is 0 Å². The molecule has 4 nitrogen and oxygen atoms in total.